The quantitative estimate of drug-likeness (QED) is 0.664. The number of carbonyl (C=O) groups excluding carboxylic acids is 1. The molecular formula is C22H29N3O5S. The lowest BCUT2D eigenvalue weighted by Crippen LogP contribution is -2.47. The van der Waals surface area contributed by atoms with Crippen LogP contribution in [0.2, 0.25) is 0 Å². The van der Waals surface area contributed by atoms with Gasteiger partial charge in [-0.05, 0) is 56.4 Å². The predicted molar refractivity (Wildman–Crippen MR) is 118 cm³/mol. The van der Waals surface area contributed by atoms with Crippen LogP contribution in [0.25, 0.3) is 0 Å². The van der Waals surface area contributed by atoms with E-state index in [9.17, 15) is 13.2 Å². The minimum atomic E-state index is -3.63. The molecule has 0 radical (unpaired) electrons. The number of carbonyl (C=O) groups is 1. The van der Waals surface area contributed by atoms with Gasteiger partial charge in [0.2, 0.25) is 10.0 Å². The Labute approximate surface area is 183 Å². The van der Waals surface area contributed by atoms with Gasteiger partial charge in [-0.2, -0.15) is 4.31 Å². The van der Waals surface area contributed by atoms with E-state index >= 15 is 0 Å². The maximum atomic E-state index is 12.9. The van der Waals surface area contributed by atoms with E-state index in [1.807, 2.05) is 14.0 Å². The number of nitrogens with one attached hydrogen (secondary N) is 1. The Balaban J connectivity index is 1.60. The Kier molecular flexibility index (Phi) is 7.53. The van der Waals surface area contributed by atoms with E-state index in [2.05, 4.69) is 10.2 Å². The summed E-state index contributed by atoms with van der Waals surface area (Å²) >= 11 is 0. The summed E-state index contributed by atoms with van der Waals surface area (Å²) in [6, 6.07) is 13.1. The number of benzene rings is 2. The number of rotatable bonds is 8. The Morgan fingerprint density at radius 1 is 1.06 bits per heavy atom. The van der Waals surface area contributed by atoms with Crippen LogP contribution in [0.5, 0.6) is 11.5 Å². The Morgan fingerprint density at radius 2 is 1.71 bits per heavy atom. The Morgan fingerprint density at radius 3 is 2.35 bits per heavy atom. The fourth-order valence-electron chi connectivity index (χ4n) is 3.22. The van der Waals surface area contributed by atoms with E-state index in [1.165, 1.54) is 16.4 Å². The fraction of sp³-hybridized carbons (Fsp3) is 0.409. The summed E-state index contributed by atoms with van der Waals surface area (Å²) < 4.78 is 38.2. The molecule has 1 atom stereocenters. The number of methoxy groups -OCH3 is 1. The van der Waals surface area contributed by atoms with E-state index in [0.29, 0.717) is 37.5 Å². The van der Waals surface area contributed by atoms with Crippen molar-refractivity contribution >= 4 is 15.9 Å². The van der Waals surface area contributed by atoms with E-state index < -0.39 is 10.0 Å². The number of ether oxygens (including phenoxy) is 2. The van der Waals surface area contributed by atoms with Gasteiger partial charge in [0.1, 0.15) is 18.1 Å². The molecule has 2 aromatic rings. The summed E-state index contributed by atoms with van der Waals surface area (Å²) in [7, 11) is -0.0675. The molecule has 0 bridgehead atoms. The summed E-state index contributed by atoms with van der Waals surface area (Å²) in [5, 5.41) is 2.85. The van der Waals surface area contributed by atoms with Gasteiger partial charge in [-0.1, -0.05) is 6.07 Å². The van der Waals surface area contributed by atoms with Crippen molar-refractivity contribution in [3.8, 4) is 11.5 Å². The van der Waals surface area contributed by atoms with Crippen molar-refractivity contribution in [2.24, 2.45) is 0 Å². The first-order valence-corrected chi connectivity index (χ1v) is 11.6. The van der Waals surface area contributed by atoms with Gasteiger partial charge < -0.3 is 19.7 Å². The van der Waals surface area contributed by atoms with Crippen molar-refractivity contribution in [2.75, 3.05) is 46.9 Å². The molecular weight excluding hydrogens is 418 g/mol. The van der Waals surface area contributed by atoms with Gasteiger partial charge in [0.15, 0.2) is 0 Å². The van der Waals surface area contributed by atoms with Crippen molar-refractivity contribution < 1.29 is 22.7 Å². The molecule has 0 unspecified atom stereocenters. The highest BCUT2D eigenvalue weighted by Gasteiger charge is 2.28. The second-order valence-corrected chi connectivity index (χ2v) is 9.53. The molecule has 1 N–H and O–H groups in total. The van der Waals surface area contributed by atoms with Crippen LogP contribution in [-0.4, -0.2) is 76.5 Å². The molecule has 1 aliphatic rings. The van der Waals surface area contributed by atoms with Crippen LogP contribution in [0.4, 0.5) is 0 Å². The van der Waals surface area contributed by atoms with Gasteiger partial charge in [-0.3, -0.25) is 4.79 Å². The molecule has 0 aromatic heterocycles. The molecule has 0 spiro atoms. The molecule has 0 saturated carbocycles. The zero-order valence-electron chi connectivity index (χ0n) is 18.1. The van der Waals surface area contributed by atoms with Crippen LogP contribution in [-0.2, 0) is 10.0 Å². The van der Waals surface area contributed by atoms with Crippen molar-refractivity contribution in [2.45, 2.75) is 17.9 Å². The highest BCUT2D eigenvalue weighted by atomic mass is 32.2. The number of hydrogen-bond acceptors (Lipinski definition) is 6. The van der Waals surface area contributed by atoms with E-state index in [1.54, 1.807) is 43.5 Å². The van der Waals surface area contributed by atoms with Crippen LogP contribution in [0, 0.1) is 0 Å². The second kappa shape index (κ2) is 10.1. The Bertz CT molecular complexity index is 986. The van der Waals surface area contributed by atoms with Gasteiger partial charge in [0.25, 0.3) is 5.91 Å². The van der Waals surface area contributed by atoms with Gasteiger partial charge >= 0.3 is 0 Å². The monoisotopic (exact) mass is 447 g/mol. The van der Waals surface area contributed by atoms with Crippen LogP contribution in [0.1, 0.15) is 17.3 Å². The van der Waals surface area contributed by atoms with Crippen molar-refractivity contribution in [1.29, 1.82) is 0 Å². The number of nitrogens with zero attached hydrogens (tertiary/aromatic N) is 2. The first kappa shape index (κ1) is 23.1. The molecule has 1 saturated heterocycles. The average Bonchev–Trinajstić information content (AvgIpc) is 2.78. The summed E-state index contributed by atoms with van der Waals surface area (Å²) in [6.07, 6.45) is 0. The largest absolute Gasteiger partial charge is 0.497 e. The zero-order valence-corrected chi connectivity index (χ0v) is 18.9. The lowest BCUT2D eigenvalue weighted by atomic mass is 10.2. The summed E-state index contributed by atoms with van der Waals surface area (Å²) in [5.74, 6) is 1.06. The van der Waals surface area contributed by atoms with Gasteiger partial charge in [-0.25, -0.2) is 8.42 Å². The number of sulfonamides is 1. The highest BCUT2D eigenvalue weighted by molar-refractivity contribution is 7.89. The van der Waals surface area contributed by atoms with Gasteiger partial charge in [-0.15, -0.1) is 0 Å². The Hall–Kier alpha value is -2.62. The topological polar surface area (TPSA) is 88.2 Å². The SMILES string of the molecule is COc1ccc(OC[C@H](C)NC(=O)c2cccc(S(=O)(=O)N3CCN(C)CC3)c2)cc1. The van der Waals surface area contributed by atoms with Gasteiger partial charge in [0.05, 0.1) is 18.0 Å². The molecule has 31 heavy (non-hydrogen) atoms. The van der Waals surface area contributed by atoms with Crippen LogP contribution < -0.4 is 14.8 Å². The number of piperazine rings is 1. The minimum Gasteiger partial charge on any atom is -0.497 e. The third-order valence-electron chi connectivity index (χ3n) is 5.13. The fourth-order valence-corrected chi connectivity index (χ4v) is 4.69. The summed E-state index contributed by atoms with van der Waals surface area (Å²) in [6.45, 7) is 4.35. The molecule has 2 aromatic carbocycles. The molecule has 1 amide bonds. The van der Waals surface area contributed by atoms with Crippen LogP contribution in [0.3, 0.4) is 0 Å². The number of hydrogen-bond donors (Lipinski definition) is 1. The molecule has 1 fully saturated rings. The maximum absolute atomic E-state index is 12.9. The maximum Gasteiger partial charge on any atom is 0.251 e. The second-order valence-electron chi connectivity index (χ2n) is 7.60. The first-order chi connectivity index (χ1) is 14.8. The van der Waals surface area contributed by atoms with E-state index in [-0.39, 0.29) is 23.5 Å². The third-order valence-corrected chi connectivity index (χ3v) is 7.03. The molecule has 168 valence electrons. The normalized spacial score (nSPS) is 16.5. The predicted octanol–water partition coefficient (Wildman–Crippen LogP) is 1.83. The van der Waals surface area contributed by atoms with Crippen LogP contribution >= 0.6 is 0 Å². The average molecular weight is 448 g/mol. The summed E-state index contributed by atoms with van der Waals surface area (Å²) in [4.78, 5) is 14.9. The van der Waals surface area contributed by atoms with Crippen molar-refractivity contribution in [1.82, 2.24) is 14.5 Å². The molecule has 0 aliphatic carbocycles. The minimum absolute atomic E-state index is 0.131. The molecule has 3 rings (SSSR count). The number of amides is 1. The molecule has 8 nitrogen and oxygen atoms in total. The third kappa shape index (κ3) is 5.96. The van der Waals surface area contributed by atoms with Crippen molar-refractivity contribution in [3.63, 3.8) is 0 Å². The molecule has 9 heteroatoms. The lowest BCUT2D eigenvalue weighted by molar-refractivity contribution is 0.0926. The van der Waals surface area contributed by atoms with Gasteiger partial charge in [0, 0.05) is 31.7 Å². The lowest BCUT2D eigenvalue weighted by Gasteiger charge is -2.31. The van der Waals surface area contributed by atoms with Crippen molar-refractivity contribution in [3.05, 3.63) is 54.1 Å². The number of likely N-dealkylation sites (N-methyl/N-ethyl adjacent to an activating group) is 1. The summed E-state index contributed by atoms with van der Waals surface area (Å²) in [5.41, 5.74) is 0.298. The first-order valence-electron chi connectivity index (χ1n) is 10.2. The van der Waals surface area contributed by atoms with Crippen LogP contribution in [0.15, 0.2) is 53.4 Å². The smallest absolute Gasteiger partial charge is 0.251 e. The van der Waals surface area contributed by atoms with E-state index in [0.717, 1.165) is 5.75 Å². The highest BCUT2D eigenvalue weighted by Crippen LogP contribution is 2.19. The zero-order chi connectivity index (χ0) is 22.4. The van der Waals surface area contributed by atoms with E-state index in [4.69, 9.17) is 9.47 Å². The standard InChI is InChI=1S/C22H29N3O5S/c1-17(16-30-20-9-7-19(29-3)8-10-20)23-22(26)18-5-4-6-21(15-18)31(27,28)25-13-11-24(2)12-14-25/h4-10,15,17H,11-14,16H2,1-3H3,(H,23,26)/t17-/m0/s1. The molecule has 1 heterocycles. The molecule has 1 aliphatic heterocycles.